The second kappa shape index (κ2) is 24.3. The van der Waals surface area contributed by atoms with Gasteiger partial charge in [-0.05, 0) is 32.9 Å². The molecule has 0 aliphatic carbocycles. The monoisotopic (exact) mass is 1090 g/mol. The van der Waals surface area contributed by atoms with Gasteiger partial charge in [-0.25, -0.2) is 0 Å². The zero-order chi connectivity index (χ0) is 46.7. The quantitative estimate of drug-likeness (QED) is 0.103. The van der Waals surface area contributed by atoms with Crippen molar-refractivity contribution in [2.45, 2.75) is 52.3 Å². The fourth-order valence-electron chi connectivity index (χ4n) is 6.97. The van der Waals surface area contributed by atoms with Crippen molar-refractivity contribution < 1.29 is 72.3 Å². The predicted molar refractivity (Wildman–Crippen MR) is 236 cm³/mol. The van der Waals surface area contributed by atoms with E-state index in [0.29, 0.717) is 97.0 Å². The third-order valence-electron chi connectivity index (χ3n) is 10.5. The molecule has 2 aromatic heterocycles. The van der Waals surface area contributed by atoms with Gasteiger partial charge < -0.3 is 58.6 Å². The number of benzene rings is 2. The number of hydrogen-bond donors (Lipinski definition) is 1. The molecule has 2 aliphatic rings. The minimum atomic E-state index is -4.70. The second-order valence-corrected chi connectivity index (χ2v) is 16.0. The number of aldehydes is 1. The number of ether oxygens (including phenoxy) is 2. The van der Waals surface area contributed by atoms with E-state index in [1.165, 1.54) is 39.0 Å². The average Bonchev–Trinajstić information content (AvgIpc) is 3.69. The fourth-order valence-corrected chi connectivity index (χ4v) is 7.96. The first kappa shape index (κ1) is 58.7. The van der Waals surface area contributed by atoms with Gasteiger partial charge in [-0.15, -0.1) is 0 Å². The maximum Gasteiger partial charge on any atom is 2.00 e. The van der Waals surface area contributed by atoms with Crippen LogP contribution in [0.15, 0.2) is 24.3 Å². The number of rotatable bonds is 10. The molecule has 2 saturated heterocycles. The molecule has 2 fully saturated rings. The summed E-state index contributed by atoms with van der Waals surface area (Å²) in [5.74, 6) is 0.161. The van der Waals surface area contributed by atoms with Gasteiger partial charge in [0.25, 0.3) is 0 Å². The molecule has 2 aromatic carbocycles. The molecule has 14 nitrogen and oxygen atoms in total. The van der Waals surface area contributed by atoms with Gasteiger partial charge in [0.05, 0.1) is 57.5 Å². The van der Waals surface area contributed by atoms with E-state index in [2.05, 4.69) is 10.2 Å². The normalized spacial score (nSPS) is 14.5. The van der Waals surface area contributed by atoms with Crippen LogP contribution in [0.1, 0.15) is 51.7 Å². The zero-order valence-electron chi connectivity index (χ0n) is 36.5. The van der Waals surface area contributed by atoms with Crippen molar-refractivity contribution >= 4 is 98.9 Å². The van der Waals surface area contributed by atoms with Crippen LogP contribution in [0.4, 0.5) is 37.7 Å². The molecule has 6 rings (SSSR count). The number of carbonyl (C=O) groups is 3. The van der Waals surface area contributed by atoms with Gasteiger partial charge in [0, 0.05) is 81.3 Å². The van der Waals surface area contributed by atoms with Gasteiger partial charge >= 0.3 is 35.4 Å². The Morgan fingerprint density at radius 3 is 1.41 bits per heavy atom. The number of nitrogens with zero attached hydrogens (tertiary/aromatic N) is 8. The summed E-state index contributed by atoms with van der Waals surface area (Å²) in [5, 5.41) is 16.8. The van der Waals surface area contributed by atoms with Crippen LogP contribution in [-0.4, -0.2) is 142 Å². The number of aliphatic hydroxyl groups is 1. The van der Waals surface area contributed by atoms with Crippen LogP contribution < -0.4 is 36.3 Å². The largest absolute Gasteiger partial charge is 2.00 e. The van der Waals surface area contributed by atoms with Gasteiger partial charge in [-0.3, -0.25) is 23.7 Å². The van der Waals surface area contributed by atoms with E-state index in [9.17, 15) is 45.8 Å². The SMILES string of the molecule is COc1cc(N2CCN(C(=O)Cn3nc(C(F)(F)F)c(Cl)c3C)CC2)c(C(C)O)cc1Cl.COc1cc(N2CCN(C(=O)Cn3nc(C(F)(F)F)c(Cl)c3C)CC2)c(C=O)cc1Cl.[Br-].[CH3-].[Mg+2]. The van der Waals surface area contributed by atoms with E-state index >= 15 is 0 Å². The van der Waals surface area contributed by atoms with Crippen molar-refractivity contribution in [3.05, 3.63) is 85.7 Å². The van der Waals surface area contributed by atoms with Crippen molar-refractivity contribution in [3.8, 4) is 11.5 Å². The number of aromatic nitrogens is 4. The van der Waals surface area contributed by atoms with Crippen molar-refractivity contribution in [2.75, 3.05) is 76.4 Å². The molecule has 1 unspecified atom stereocenters. The number of methoxy groups -OCH3 is 2. The molecule has 2 amide bonds. The van der Waals surface area contributed by atoms with Crippen LogP contribution in [0.3, 0.4) is 0 Å². The summed E-state index contributed by atoms with van der Waals surface area (Å²) in [4.78, 5) is 43.8. The van der Waals surface area contributed by atoms with Gasteiger partial charge in [0.15, 0.2) is 17.7 Å². The molecule has 26 heteroatoms. The number of carbonyl (C=O) groups excluding carboxylic acids is 3. The summed E-state index contributed by atoms with van der Waals surface area (Å²) in [6.07, 6.45) is -9.45. The molecule has 0 saturated carbocycles. The summed E-state index contributed by atoms with van der Waals surface area (Å²) in [6.45, 7) is 6.82. The Morgan fingerprint density at radius 2 is 1.08 bits per heavy atom. The van der Waals surface area contributed by atoms with Crippen molar-refractivity contribution in [1.29, 1.82) is 0 Å². The minimum absolute atomic E-state index is 0. The second-order valence-electron chi connectivity index (χ2n) is 14.4. The number of piperazine rings is 2. The molecule has 360 valence electrons. The Bertz CT molecular complexity index is 2340. The summed E-state index contributed by atoms with van der Waals surface area (Å²) in [6, 6.07) is 6.58. The molecule has 1 N–H and O–H groups in total. The van der Waals surface area contributed by atoms with Gasteiger partial charge in [-0.1, -0.05) is 46.4 Å². The molecule has 66 heavy (non-hydrogen) atoms. The Morgan fingerprint density at radius 1 is 0.712 bits per heavy atom. The van der Waals surface area contributed by atoms with Crippen molar-refractivity contribution in [2.24, 2.45) is 0 Å². The first-order valence-corrected chi connectivity index (χ1v) is 20.6. The molecule has 4 heterocycles. The van der Waals surface area contributed by atoms with Crippen LogP contribution >= 0.6 is 46.4 Å². The molecule has 0 radical (unpaired) electrons. The number of halogens is 11. The maximum absolute atomic E-state index is 13.0. The van der Waals surface area contributed by atoms with E-state index in [1.54, 1.807) is 30.0 Å². The van der Waals surface area contributed by atoms with Crippen LogP contribution in [-0.2, 0) is 35.0 Å². The summed E-state index contributed by atoms with van der Waals surface area (Å²) in [5.41, 5.74) is 0.166. The summed E-state index contributed by atoms with van der Waals surface area (Å²) in [7, 11) is 2.97. The van der Waals surface area contributed by atoms with Gasteiger partial charge in [0.2, 0.25) is 11.8 Å². The number of anilines is 2. The van der Waals surface area contributed by atoms with Crippen LogP contribution in [0.2, 0.25) is 20.1 Å². The van der Waals surface area contributed by atoms with E-state index in [0.717, 1.165) is 15.1 Å². The topological polar surface area (TPSA) is 138 Å². The number of aliphatic hydroxyl groups excluding tert-OH is 1. The Balaban J connectivity index is 0.000000434. The average molecular weight is 1090 g/mol. The van der Waals surface area contributed by atoms with Gasteiger partial charge in [-0.2, -0.15) is 36.5 Å². The fraction of sp³-hybridized carbons (Fsp3) is 0.450. The summed E-state index contributed by atoms with van der Waals surface area (Å²) < 4.78 is 90.4. The van der Waals surface area contributed by atoms with E-state index in [1.807, 2.05) is 9.80 Å². The van der Waals surface area contributed by atoms with Crippen LogP contribution in [0.5, 0.6) is 11.5 Å². The third kappa shape index (κ3) is 13.4. The maximum atomic E-state index is 13.0. The standard InChI is InChI=1S/C20H23Cl2F3N4O3.C19H19Cl2F3N4O3.CH3.BrH.Mg/c1-11-18(22)19(20(23,24)25)26-29(11)10-17(31)28-6-4-27(5-7-28)15-9-16(32-3)14(21)8-13(15)12(2)30;1-11-17(21)18(19(22,23)24)25-28(11)9-16(30)27-5-3-26(4-6-27)14-8-15(31-2)13(20)7-12(14)10-29;;;/h8-9,12,30H,4-7,10H2,1-3H3;7-8,10H,3-6,9H2,1-2H3;1H3;1H;/q;;-1;;+2/p-1. The third-order valence-corrected chi connectivity index (χ3v) is 12.0. The molecule has 0 bridgehead atoms. The number of hydrogen-bond acceptors (Lipinski definition) is 10. The van der Waals surface area contributed by atoms with E-state index < -0.39 is 39.9 Å². The first-order chi connectivity index (χ1) is 29.5. The molecule has 0 spiro atoms. The smallest absolute Gasteiger partial charge is 1.00 e. The minimum Gasteiger partial charge on any atom is -1.00 e. The Kier molecular flexibility index (Phi) is 21.6. The van der Waals surface area contributed by atoms with Crippen molar-refractivity contribution in [3.63, 3.8) is 0 Å². The van der Waals surface area contributed by atoms with Crippen molar-refractivity contribution in [1.82, 2.24) is 29.4 Å². The molecule has 1 atom stereocenters. The molecular formula is C40H45BrCl4F6MgN8O6. The van der Waals surface area contributed by atoms with E-state index in [-0.39, 0.29) is 83.8 Å². The Hall–Kier alpha value is -3.38. The number of alkyl halides is 6. The Labute approximate surface area is 423 Å². The molecule has 4 aromatic rings. The van der Waals surface area contributed by atoms with Gasteiger partial charge in [0.1, 0.15) is 24.6 Å². The van der Waals surface area contributed by atoms with Crippen LogP contribution in [0.25, 0.3) is 0 Å². The first-order valence-electron chi connectivity index (χ1n) is 19.0. The summed E-state index contributed by atoms with van der Waals surface area (Å²) >= 11 is 23.7. The van der Waals surface area contributed by atoms with Crippen LogP contribution in [0, 0.1) is 21.3 Å². The van der Waals surface area contributed by atoms with E-state index in [4.69, 9.17) is 55.9 Å². The number of amides is 2. The predicted octanol–water partition coefficient (Wildman–Crippen LogP) is 4.69. The molecule has 2 aliphatic heterocycles. The zero-order valence-corrected chi connectivity index (χ0v) is 42.5. The molecular weight excluding hydrogens is 1050 g/mol.